The molecule has 0 saturated carbocycles. The summed E-state index contributed by atoms with van der Waals surface area (Å²) in [6.07, 6.45) is -3.57. The second kappa shape index (κ2) is 9.34. The van der Waals surface area contributed by atoms with E-state index in [-0.39, 0.29) is 18.4 Å². The molecular weight excluding hydrogens is 431 g/mol. The molecule has 5 nitrogen and oxygen atoms in total. The van der Waals surface area contributed by atoms with Crippen LogP contribution in [0.25, 0.3) is 0 Å². The van der Waals surface area contributed by atoms with Crippen molar-refractivity contribution in [3.63, 3.8) is 0 Å². The summed E-state index contributed by atoms with van der Waals surface area (Å²) in [5.74, 6) is 1.18. The number of hydrogen-bond acceptors (Lipinski definition) is 4. The van der Waals surface area contributed by atoms with E-state index in [2.05, 4.69) is 4.98 Å². The van der Waals surface area contributed by atoms with Crippen LogP contribution in [0.2, 0.25) is 5.02 Å². The van der Waals surface area contributed by atoms with Crippen LogP contribution in [0.4, 0.5) is 19.0 Å². The van der Waals surface area contributed by atoms with E-state index in [4.69, 9.17) is 16.3 Å². The van der Waals surface area contributed by atoms with Crippen molar-refractivity contribution in [1.82, 2.24) is 9.88 Å². The third-order valence-electron chi connectivity index (χ3n) is 5.30. The average Bonchev–Trinajstić information content (AvgIpc) is 2.73. The molecule has 1 aliphatic rings. The largest absolute Gasteiger partial charge is 0.483 e. The number of alkyl halides is 3. The first-order chi connectivity index (χ1) is 14.6. The van der Waals surface area contributed by atoms with E-state index in [1.807, 2.05) is 37.8 Å². The standard InChI is InChI=1S/C22H25ClF3N3O2/c1-14(2)17-11-18(23)15(3)10-19(17)31-13-21(30)29-8-6-28(7-9-29)20-5-4-16(12-27-20)22(24,25)26/h4-5,10-12,14H,6-9,13H2,1-3H3. The monoisotopic (exact) mass is 455 g/mol. The number of hydrogen-bond donors (Lipinski definition) is 0. The van der Waals surface area contributed by atoms with Gasteiger partial charge in [-0.05, 0) is 48.2 Å². The highest BCUT2D eigenvalue weighted by atomic mass is 35.5. The minimum atomic E-state index is -4.41. The van der Waals surface area contributed by atoms with E-state index in [1.54, 1.807) is 4.90 Å². The Labute approximate surface area is 184 Å². The van der Waals surface area contributed by atoms with Crippen LogP contribution < -0.4 is 9.64 Å². The third kappa shape index (κ3) is 5.61. The maximum Gasteiger partial charge on any atom is 0.417 e. The molecule has 1 aromatic carbocycles. The number of carbonyl (C=O) groups is 1. The molecule has 0 unspecified atom stereocenters. The van der Waals surface area contributed by atoms with Crippen molar-refractivity contribution < 1.29 is 22.7 Å². The number of amides is 1. The van der Waals surface area contributed by atoms with Crippen molar-refractivity contribution >= 4 is 23.3 Å². The summed E-state index contributed by atoms with van der Waals surface area (Å²) in [7, 11) is 0. The van der Waals surface area contributed by atoms with Crippen LogP contribution in [0, 0.1) is 6.92 Å². The number of rotatable bonds is 5. The van der Waals surface area contributed by atoms with Crippen molar-refractivity contribution in [2.45, 2.75) is 32.9 Å². The number of anilines is 1. The van der Waals surface area contributed by atoms with Gasteiger partial charge in [0.05, 0.1) is 5.56 Å². The number of halogens is 4. The molecule has 2 heterocycles. The Hall–Kier alpha value is -2.48. The summed E-state index contributed by atoms with van der Waals surface area (Å²) in [5, 5.41) is 0.662. The van der Waals surface area contributed by atoms with E-state index >= 15 is 0 Å². The van der Waals surface area contributed by atoms with Gasteiger partial charge >= 0.3 is 6.18 Å². The molecule has 0 aliphatic carbocycles. The van der Waals surface area contributed by atoms with E-state index in [0.29, 0.717) is 42.8 Å². The van der Waals surface area contributed by atoms with Crippen molar-refractivity contribution in [3.8, 4) is 5.75 Å². The average molecular weight is 456 g/mol. The lowest BCUT2D eigenvalue weighted by Crippen LogP contribution is -2.50. The van der Waals surface area contributed by atoms with Gasteiger partial charge in [0.1, 0.15) is 11.6 Å². The van der Waals surface area contributed by atoms with Gasteiger partial charge < -0.3 is 14.5 Å². The molecule has 0 spiro atoms. The molecule has 1 amide bonds. The molecule has 0 bridgehead atoms. The molecule has 3 rings (SSSR count). The number of benzene rings is 1. The Bertz CT molecular complexity index is 925. The van der Waals surface area contributed by atoms with Crippen LogP contribution in [-0.2, 0) is 11.0 Å². The maximum atomic E-state index is 12.7. The van der Waals surface area contributed by atoms with Crippen LogP contribution in [0.3, 0.4) is 0 Å². The highest BCUT2D eigenvalue weighted by molar-refractivity contribution is 6.31. The minimum Gasteiger partial charge on any atom is -0.483 e. The van der Waals surface area contributed by atoms with E-state index in [9.17, 15) is 18.0 Å². The second-order valence-electron chi connectivity index (χ2n) is 7.85. The van der Waals surface area contributed by atoms with Gasteiger partial charge in [-0.25, -0.2) is 4.98 Å². The summed E-state index contributed by atoms with van der Waals surface area (Å²) >= 11 is 6.21. The zero-order valence-corrected chi connectivity index (χ0v) is 18.4. The normalized spacial score (nSPS) is 14.8. The lowest BCUT2D eigenvalue weighted by Gasteiger charge is -2.35. The summed E-state index contributed by atoms with van der Waals surface area (Å²) in [4.78, 5) is 20.1. The zero-order valence-electron chi connectivity index (χ0n) is 17.7. The van der Waals surface area contributed by atoms with Gasteiger partial charge in [-0.3, -0.25) is 4.79 Å². The fourth-order valence-corrected chi connectivity index (χ4v) is 3.58. The molecule has 1 aliphatic heterocycles. The smallest absolute Gasteiger partial charge is 0.417 e. The van der Waals surface area contributed by atoms with Gasteiger partial charge in [0.2, 0.25) is 0 Å². The summed E-state index contributed by atoms with van der Waals surface area (Å²) in [6, 6.07) is 6.10. The minimum absolute atomic E-state index is 0.0840. The molecule has 1 saturated heterocycles. The van der Waals surface area contributed by atoms with Crippen LogP contribution in [0.5, 0.6) is 5.75 Å². The van der Waals surface area contributed by atoms with Crippen molar-refractivity contribution in [1.29, 1.82) is 0 Å². The van der Waals surface area contributed by atoms with E-state index in [0.717, 1.165) is 23.4 Å². The van der Waals surface area contributed by atoms with Crippen LogP contribution >= 0.6 is 11.6 Å². The van der Waals surface area contributed by atoms with Gasteiger partial charge in [0.25, 0.3) is 5.91 Å². The molecule has 0 N–H and O–H groups in total. The van der Waals surface area contributed by atoms with Crippen LogP contribution in [-0.4, -0.2) is 48.6 Å². The Morgan fingerprint density at radius 1 is 1.19 bits per heavy atom. The number of carbonyl (C=O) groups excluding carboxylic acids is 1. The van der Waals surface area contributed by atoms with Crippen molar-refractivity contribution in [3.05, 3.63) is 52.2 Å². The van der Waals surface area contributed by atoms with Crippen molar-refractivity contribution in [2.75, 3.05) is 37.7 Å². The Kier molecular flexibility index (Phi) is 6.99. The predicted molar refractivity (Wildman–Crippen MR) is 114 cm³/mol. The summed E-state index contributed by atoms with van der Waals surface area (Å²) < 4.78 is 43.9. The number of aryl methyl sites for hydroxylation is 1. The number of aromatic nitrogens is 1. The third-order valence-corrected chi connectivity index (χ3v) is 5.70. The SMILES string of the molecule is Cc1cc(OCC(=O)N2CCN(c3ccc(C(F)(F)F)cn3)CC2)c(C(C)C)cc1Cl. The molecule has 168 valence electrons. The first kappa shape index (κ1) is 23.2. The number of piperazine rings is 1. The maximum absolute atomic E-state index is 12.7. The lowest BCUT2D eigenvalue weighted by atomic mass is 10.0. The van der Waals surface area contributed by atoms with Gasteiger partial charge in [-0.15, -0.1) is 0 Å². The topological polar surface area (TPSA) is 45.7 Å². The van der Waals surface area contributed by atoms with Crippen LogP contribution in [0.15, 0.2) is 30.5 Å². The van der Waals surface area contributed by atoms with Gasteiger partial charge in [-0.1, -0.05) is 25.4 Å². The molecule has 0 atom stereocenters. The predicted octanol–water partition coefficient (Wildman–Crippen LogP) is 4.91. The Morgan fingerprint density at radius 3 is 2.42 bits per heavy atom. The van der Waals surface area contributed by atoms with Gasteiger partial charge in [-0.2, -0.15) is 13.2 Å². The molecule has 31 heavy (non-hydrogen) atoms. The van der Waals surface area contributed by atoms with Crippen LogP contribution in [0.1, 0.15) is 36.5 Å². The first-order valence-corrected chi connectivity index (χ1v) is 10.4. The zero-order chi connectivity index (χ0) is 22.8. The molecule has 0 radical (unpaired) electrons. The van der Waals surface area contributed by atoms with E-state index in [1.165, 1.54) is 6.07 Å². The fraction of sp³-hybridized carbons (Fsp3) is 0.455. The molecule has 2 aromatic rings. The quantitative estimate of drug-likeness (QED) is 0.642. The highest BCUT2D eigenvalue weighted by Gasteiger charge is 2.31. The molecule has 9 heteroatoms. The van der Waals surface area contributed by atoms with Gasteiger partial charge in [0, 0.05) is 37.4 Å². The Morgan fingerprint density at radius 2 is 1.87 bits per heavy atom. The lowest BCUT2D eigenvalue weighted by molar-refractivity contribution is -0.138. The first-order valence-electron chi connectivity index (χ1n) is 10.0. The number of ether oxygens (including phenoxy) is 1. The number of nitrogens with zero attached hydrogens (tertiary/aromatic N) is 3. The fourth-order valence-electron chi connectivity index (χ4n) is 3.40. The molecular formula is C22H25ClF3N3O2. The summed E-state index contributed by atoms with van der Waals surface area (Å²) in [5.41, 5.74) is 1.05. The second-order valence-corrected chi connectivity index (χ2v) is 8.26. The molecule has 1 fully saturated rings. The van der Waals surface area contributed by atoms with Crippen molar-refractivity contribution in [2.24, 2.45) is 0 Å². The highest BCUT2D eigenvalue weighted by Crippen LogP contribution is 2.32. The van der Waals surface area contributed by atoms with E-state index < -0.39 is 11.7 Å². The Balaban J connectivity index is 1.56. The number of pyridine rings is 1. The molecule has 1 aromatic heterocycles. The summed E-state index contributed by atoms with van der Waals surface area (Å²) in [6.45, 7) is 7.73. The van der Waals surface area contributed by atoms with Gasteiger partial charge in [0.15, 0.2) is 6.61 Å².